The number of carbonyl (C=O) groups is 1. The van der Waals surface area contributed by atoms with Crippen LogP contribution in [0.4, 0.5) is 0 Å². The second-order valence-corrected chi connectivity index (χ2v) is 6.86. The molecule has 1 aliphatic heterocycles. The molecule has 1 aromatic rings. The smallest absolute Gasteiger partial charge is 0.226 e. The van der Waals surface area contributed by atoms with Crippen molar-refractivity contribution in [2.75, 3.05) is 13.1 Å². The van der Waals surface area contributed by atoms with Gasteiger partial charge in [0, 0.05) is 26.4 Å². The van der Waals surface area contributed by atoms with Gasteiger partial charge in [-0.05, 0) is 38.0 Å². The first-order valence-corrected chi connectivity index (χ1v) is 8.44. The SMILES string of the molecule is CC(=O)N1CCC(CCc2nc(C3(N)CCCC3)no2)CC1. The minimum absolute atomic E-state index is 0.185. The summed E-state index contributed by atoms with van der Waals surface area (Å²) in [6.07, 6.45) is 8.21. The van der Waals surface area contributed by atoms with E-state index >= 15 is 0 Å². The lowest BCUT2D eigenvalue weighted by atomic mass is 9.92. The molecule has 6 heteroatoms. The summed E-state index contributed by atoms with van der Waals surface area (Å²) >= 11 is 0. The Balaban J connectivity index is 1.48. The summed E-state index contributed by atoms with van der Waals surface area (Å²) < 4.78 is 5.39. The van der Waals surface area contributed by atoms with Crippen LogP contribution in [0.2, 0.25) is 0 Å². The minimum Gasteiger partial charge on any atom is -0.343 e. The van der Waals surface area contributed by atoms with Gasteiger partial charge >= 0.3 is 0 Å². The van der Waals surface area contributed by atoms with Crippen LogP contribution in [0, 0.1) is 5.92 Å². The summed E-state index contributed by atoms with van der Waals surface area (Å²) in [5.41, 5.74) is 5.99. The highest BCUT2D eigenvalue weighted by Gasteiger charge is 2.36. The molecule has 1 aromatic heterocycles. The molecule has 0 bridgehead atoms. The molecule has 1 saturated carbocycles. The van der Waals surface area contributed by atoms with Gasteiger partial charge in [-0.15, -0.1) is 0 Å². The van der Waals surface area contributed by atoms with Crippen molar-refractivity contribution < 1.29 is 9.32 Å². The normalized spacial score (nSPS) is 22.2. The second kappa shape index (κ2) is 6.36. The van der Waals surface area contributed by atoms with Crippen LogP contribution in [-0.4, -0.2) is 34.0 Å². The van der Waals surface area contributed by atoms with E-state index in [1.165, 1.54) is 0 Å². The lowest BCUT2D eigenvalue weighted by Gasteiger charge is -2.31. The van der Waals surface area contributed by atoms with E-state index in [0.717, 1.165) is 64.5 Å². The first-order chi connectivity index (χ1) is 10.6. The van der Waals surface area contributed by atoms with E-state index in [1.54, 1.807) is 6.92 Å². The van der Waals surface area contributed by atoms with Gasteiger partial charge in [0.1, 0.15) is 0 Å². The Morgan fingerprint density at radius 3 is 2.68 bits per heavy atom. The largest absolute Gasteiger partial charge is 0.343 e. The van der Waals surface area contributed by atoms with E-state index in [4.69, 9.17) is 10.3 Å². The van der Waals surface area contributed by atoms with Crippen LogP contribution < -0.4 is 5.73 Å². The Kier molecular flexibility index (Phi) is 4.47. The number of nitrogens with zero attached hydrogens (tertiary/aromatic N) is 3. The molecule has 2 aliphatic rings. The quantitative estimate of drug-likeness (QED) is 0.919. The number of piperidine rings is 1. The molecule has 22 heavy (non-hydrogen) atoms. The van der Waals surface area contributed by atoms with Gasteiger partial charge in [-0.1, -0.05) is 18.0 Å². The van der Waals surface area contributed by atoms with Crippen molar-refractivity contribution in [2.24, 2.45) is 11.7 Å². The third-order valence-corrected chi connectivity index (χ3v) is 5.24. The van der Waals surface area contributed by atoms with Crippen LogP contribution in [0.1, 0.15) is 63.6 Å². The predicted octanol–water partition coefficient (Wildman–Crippen LogP) is 1.99. The van der Waals surface area contributed by atoms with Gasteiger partial charge in [0.15, 0.2) is 5.82 Å². The summed E-state index contributed by atoms with van der Waals surface area (Å²) in [5.74, 6) is 2.22. The zero-order chi connectivity index (χ0) is 15.6. The van der Waals surface area contributed by atoms with Gasteiger partial charge in [-0.25, -0.2) is 0 Å². The van der Waals surface area contributed by atoms with Crippen LogP contribution in [0.3, 0.4) is 0 Å². The van der Waals surface area contributed by atoms with E-state index in [-0.39, 0.29) is 11.4 Å². The van der Waals surface area contributed by atoms with Crippen molar-refractivity contribution in [3.05, 3.63) is 11.7 Å². The fraction of sp³-hybridized carbons (Fsp3) is 0.812. The molecule has 2 heterocycles. The molecule has 1 aliphatic carbocycles. The topological polar surface area (TPSA) is 85.2 Å². The number of carbonyl (C=O) groups excluding carboxylic acids is 1. The highest BCUT2D eigenvalue weighted by Crippen LogP contribution is 2.34. The lowest BCUT2D eigenvalue weighted by molar-refractivity contribution is -0.130. The predicted molar refractivity (Wildman–Crippen MR) is 81.9 cm³/mol. The standard InChI is InChI=1S/C16H26N4O2/c1-12(21)20-10-6-13(7-11-20)4-5-14-18-15(19-22-14)16(17)8-2-3-9-16/h13H,2-11,17H2,1H3. The average Bonchev–Trinajstić information content (AvgIpc) is 3.15. The molecule has 0 radical (unpaired) electrons. The van der Waals surface area contributed by atoms with Crippen LogP contribution in [0.5, 0.6) is 0 Å². The van der Waals surface area contributed by atoms with Gasteiger partial charge in [-0.2, -0.15) is 4.98 Å². The van der Waals surface area contributed by atoms with E-state index in [2.05, 4.69) is 10.1 Å². The Bertz CT molecular complexity index is 514. The Labute approximate surface area is 131 Å². The summed E-state index contributed by atoms with van der Waals surface area (Å²) in [6.45, 7) is 3.40. The van der Waals surface area contributed by atoms with Crippen LogP contribution in [0.15, 0.2) is 4.52 Å². The molecule has 0 spiro atoms. The highest BCUT2D eigenvalue weighted by atomic mass is 16.5. The number of likely N-dealkylation sites (tertiary alicyclic amines) is 1. The minimum atomic E-state index is -0.366. The Morgan fingerprint density at radius 1 is 1.36 bits per heavy atom. The molecular weight excluding hydrogens is 280 g/mol. The first kappa shape index (κ1) is 15.5. The van der Waals surface area contributed by atoms with E-state index in [9.17, 15) is 4.79 Å². The summed E-state index contributed by atoms with van der Waals surface area (Å²) in [6, 6.07) is 0. The van der Waals surface area contributed by atoms with Gasteiger partial charge in [-0.3, -0.25) is 4.79 Å². The number of aromatic nitrogens is 2. The number of aryl methyl sites for hydroxylation is 1. The molecule has 0 aromatic carbocycles. The van der Waals surface area contributed by atoms with Crippen molar-refractivity contribution in [3.8, 4) is 0 Å². The third kappa shape index (κ3) is 3.32. The average molecular weight is 306 g/mol. The van der Waals surface area contributed by atoms with Crippen LogP contribution >= 0.6 is 0 Å². The van der Waals surface area contributed by atoms with Crippen molar-refractivity contribution >= 4 is 5.91 Å². The fourth-order valence-electron chi connectivity index (χ4n) is 3.65. The molecule has 3 rings (SSSR count). The molecule has 0 unspecified atom stereocenters. The van der Waals surface area contributed by atoms with Crippen molar-refractivity contribution in [1.29, 1.82) is 0 Å². The van der Waals surface area contributed by atoms with Crippen LogP contribution in [-0.2, 0) is 16.8 Å². The van der Waals surface area contributed by atoms with Gasteiger partial charge < -0.3 is 15.2 Å². The zero-order valence-corrected chi connectivity index (χ0v) is 13.4. The Morgan fingerprint density at radius 2 is 2.05 bits per heavy atom. The van der Waals surface area contributed by atoms with E-state index < -0.39 is 0 Å². The first-order valence-electron chi connectivity index (χ1n) is 8.44. The highest BCUT2D eigenvalue weighted by molar-refractivity contribution is 5.73. The Hall–Kier alpha value is -1.43. The third-order valence-electron chi connectivity index (χ3n) is 5.24. The molecule has 2 fully saturated rings. The van der Waals surface area contributed by atoms with Crippen molar-refractivity contribution in [1.82, 2.24) is 15.0 Å². The number of hydrogen-bond acceptors (Lipinski definition) is 5. The van der Waals surface area contributed by atoms with E-state index in [1.807, 2.05) is 4.90 Å². The molecule has 1 saturated heterocycles. The van der Waals surface area contributed by atoms with Gasteiger partial charge in [0.25, 0.3) is 0 Å². The van der Waals surface area contributed by atoms with Gasteiger partial charge in [0.2, 0.25) is 11.8 Å². The lowest BCUT2D eigenvalue weighted by Crippen LogP contribution is -2.37. The van der Waals surface area contributed by atoms with Crippen molar-refractivity contribution in [2.45, 2.75) is 63.8 Å². The molecular formula is C16H26N4O2. The summed E-state index contributed by atoms with van der Waals surface area (Å²) in [5, 5.41) is 4.10. The summed E-state index contributed by atoms with van der Waals surface area (Å²) in [7, 11) is 0. The maximum Gasteiger partial charge on any atom is 0.226 e. The fourth-order valence-corrected chi connectivity index (χ4v) is 3.65. The van der Waals surface area contributed by atoms with Crippen molar-refractivity contribution in [3.63, 3.8) is 0 Å². The number of amides is 1. The van der Waals surface area contributed by atoms with Gasteiger partial charge in [0.05, 0.1) is 5.54 Å². The molecule has 0 atom stereocenters. The maximum atomic E-state index is 11.3. The second-order valence-electron chi connectivity index (χ2n) is 6.86. The van der Waals surface area contributed by atoms with Crippen LogP contribution in [0.25, 0.3) is 0 Å². The maximum absolute atomic E-state index is 11.3. The molecule has 6 nitrogen and oxygen atoms in total. The number of hydrogen-bond donors (Lipinski definition) is 1. The number of rotatable bonds is 4. The number of nitrogens with two attached hydrogens (primary N) is 1. The summed E-state index contributed by atoms with van der Waals surface area (Å²) in [4.78, 5) is 17.8. The molecule has 2 N–H and O–H groups in total. The zero-order valence-electron chi connectivity index (χ0n) is 13.4. The van der Waals surface area contributed by atoms with E-state index in [0.29, 0.717) is 17.6 Å². The molecule has 122 valence electrons. The monoisotopic (exact) mass is 306 g/mol. The molecule has 1 amide bonds.